The second-order valence-electron chi connectivity index (χ2n) is 4.90. The predicted octanol–water partition coefficient (Wildman–Crippen LogP) is 3.10. The summed E-state index contributed by atoms with van der Waals surface area (Å²) >= 11 is 3.35. The van der Waals surface area contributed by atoms with Crippen molar-refractivity contribution in [2.45, 2.75) is 26.4 Å². The van der Waals surface area contributed by atoms with Crippen LogP contribution in [0.5, 0.6) is 0 Å². The Balaban J connectivity index is 3.16. The highest BCUT2D eigenvalue weighted by Crippen LogP contribution is 2.35. The Morgan fingerprint density at radius 1 is 1.33 bits per heavy atom. The summed E-state index contributed by atoms with van der Waals surface area (Å²) < 4.78 is 5.73. The average molecular weight is 315 g/mol. The molecular weight excluding hydrogens is 296 g/mol. The normalized spacial score (nSPS) is 16.2. The largest absolute Gasteiger partial charge is 0.469 e. The first-order chi connectivity index (χ1) is 8.30. The van der Waals surface area contributed by atoms with Crippen molar-refractivity contribution >= 4 is 21.9 Å². The molecule has 0 aliphatic carbocycles. The van der Waals surface area contributed by atoms with Gasteiger partial charge < -0.3 is 9.84 Å². The Hall–Kier alpha value is -0.870. The molecular formula is C14H19BrO3. The SMILES string of the molecule is COC(=O)C(C(C)C)C(C)(O)c1ccc(Br)cc1. The fraction of sp³-hybridized carbons (Fsp3) is 0.500. The Labute approximate surface area is 116 Å². The quantitative estimate of drug-likeness (QED) is 0.869. The third-order valence-electron chi connectivity index (χ3n) is 3.16. The van der Waals surface area contributed by atoms with Crippen LogP contribution in [0.3, 0.4) is 0 Å². The number of aliphatic hydroxyl groups is 1. The summed E-state index contributed by atoms with van der Waals surface area (Å²) in [4.78, 5) is 11.8. The van der Waals surface area contributed by atoms with Crippen molar-refractivity contribution in [3.05, 3.63) is 34.3 Å². The molecule has 0 aliphatic rings. The van der Waals surface area contributed by atoms with E-state index in [0.717, 1.165) is 4.47 Å². The average Bonchev–Trinajstić information content (AvgIpc) is 2.28. The van der Waals surface area contributed by atoms with Gasteiger partial charge in [-0.1, -0.05) is 41.9 Å². The molecule has 0 bridgehead atoms. The molecule has 100 valence electrons. The topological polar surface area (TPSA) is 46.5 Å². The van der Waals surface area contributed by atoms with Crippen molar-refractivity contribution in [2.75, 3.05) is 7.11 Å². The summed E-state index contributed by atoms with van der Waals surface area (Å²) in [6.45, 7) is 5.45. The number of carbonyl (C=O) groups is 1. The molecule has 1 aromatic rings. The van der Waals surface area contributed by atoms with E-state index < -0.39 is 17.5 Å². The van der Waals surface area contributed by atoms with Crippen molar-refractivity contribution in [1.82, 2.24) is 0 Å². The summed E-state index contributed by atoms with van der Waals surface area (Å²) in [5.41, 5.74) is -0.545. The number of esters is 1. The van der Waals surface area contributed by atoms with Crippen molar-refractivity contribution < 1.29 is 14.6 Å². The number of hydrogen-bond acceptors (Lipinski definition) is 3. The summed E-state index contributed by atoms with van der Waals surface area (Å²) in [7, 11) is 1.34. The van der Waals surface area contributed by atoms with Gasteiger partial charge in [0, 0.05) is 4.47 Å². The Kier molecular flexibility index (Phi) is 4.93. The van der Waals surface area contributed by atoms with Crippen molar-refractivity contribution in [2.24, 2.45) is 11.8 Å². The van der Waals surface area contributed by atoms with E-state index in [1.54, 1.807) is 6.92 Å². The second kappa shape index (κ2) is 5.85. The minimum Gasteiger partial charge on any atom is -0.469 e. The van der Waals surface area contributed by atoms with Crippen LogP contribution in [0, 0.1) is 11.8 Å². The lowest BCUT2D eigenvalue weighted by molar-refractivity contribution is -0.159. The Morgan fingerprint density at radius 3 is 2.22 bits per heavy atom. The number of hydrogen-bond donors (Lipinski definition) is 1. The summed E-state index contributed by atoms with van der Waals surface area (Å²) in [6.07, 6.45) is 0. The number of rotatable bonds is 4. The van der Waals surface area contributed by atoms with Crippen LogP contribution in [-0.2, 0) is 15.1 Å². The fourth-order valence-electron chi connectivity index (χ4n) is 2.24. The minimum absolute atomic E-state index is 0.0175. The van der Waals surface area contributed by atoms with Crippen LogP contribution in [0.2, 0.25) is 0 Å². The van der Waals surface area contributed by atoms with Crippen LogP contribution in [0.4, 0.5) is 0 Å². The molecule has 0 aliphatic heterocycles. The van der Waals surface area contributed by atoms with Gasteiger partial charge in [0.1, 0.15) is 5.60 Å². The number of benzene rings is 1. The maximum atomic E-state index is 11.8. The summed E-state index contributed by atoms with van der Waals surface area (Å²) in [5.74, 6) is -1.00. The van der Waals surface area contributed by atoms with E-state index in [2.05, 4.69) is 15.9 Å². The lowest BCUT2D eigenvalue weighted by atomic mass is 9.76. The van der Waals surface area contributed by atoms with E-state index in [0.29, 0.717) is 5.56 Å². The summed E-state index contributed by atoms with van der Waals surface area (Å²) in [6, 6.07) is 7.31. The predicted molar refractivity (Wildman–Crippen MR) is 74.1 cm³/mol. The Bertz CT molecular complexity index is 410. The van der Waals surface area contributed by atoms with Crippen LogP contribution in [0.15, 0.2) is 28.7 Å². The third-order valence-corrected chi connectivity index (χ3v) is 3.68. The van der Waals surface area contributed by atoms with E-state index in [1.807, 2.05) is 38.1 Å². The number of ether oxygens (including phenoxy) is 1. The van der Waals surface area contributed by atoms with E-state index in [9.17, 15) is 9.90 Å². The maximum absolute atomic E-state index is 11.8. The molecule has 4 heteroatoms. The van der Waals surface area contributed by atoms with E-state index in [1.165, 1.54) is 7.11 Å². The first-order valence-electron chi connectivity index (χ1n) is 5.87. The molecule has 1 N–H and O–H groups in total. The molecule has 18 heavy (non-hydrogen) atoms. The van der Waals surface area contributed by atoms with Crippen LogP contribution in [-0.4, -0.2) is 18.2 Å². The van der Waals surface area contributed by atoms with Crippen molar-refractivity contribution in [3.8, 4) is 0 Å². The highest BCUT2D eigenvalue weighted by atomic mass is 79.9. The van der Waals surface area contributed by atoms with Gasteiger partial charge in [0.15, 0.2) is 0 Å². The van der Waals surface area contributed by atoms with Gasteiger partial charge in [-0.05, 0) is 30.5 Å². The van der Waals surface area contributed by atoms with E-state index >= 15 is 0 Å². The number of methoxy groups -OCH3 is 1. The monoisotopic (exact) mass is 314 g/mol. The zero-order chi connectivity index (χ0) is 13.9. The lowest BCUT2D eigenvalue weighted by Crippen LogP contribution is -2.41. The standard InChI is InChI=1S/C14H19BrO3/c1-9(2)12(13(16)18-4)14(3,17)10-5-7-11(15)8-6-10/h5-9,12,17H,1-4H3. The number of halogens is 1. The van der Waals surface area contributed by atoms with Gasteiger partial charge in [-0.2, -0.15) is 0 Å². The van der Waals surface area contributed by atoms with Crippen LogP contribution in [0.1, 0.15) is 26.3 Å². The highest BCUT2D eigenvalue weighted by Gasteiger charge is 2.41. The van der Waals surface area contributed by atoms with Gasteiger partial charge in [-0.25, -0.2) is 0 Å². The van der Waals surface area contributed by atoms with Crippen LogP contribution < -0.4 is 0 Å². The molecule has 1 rings (SSSR count). The molecule has 0 aromatic heterocycles. The third kappa shape index (κ3) is 3.12. The molecule has 0 amide bonds. The van der Waals surface area contributed by atoms with E-state index in [-0.39, 0.29) is 5.92 Å². The smallest absolute Gasteiger partial charge is 0.312 e. The zero-order valence-corrected chi connectivity index (χ0v) is 12.7. The molecule has 2 unspecified atom stereocenters. The van der Waals surface area contributed by atoms with Gasteiger partial charge in [0.2, 0.25) is 0 Å². The van der Waals surface area contributed by atoms with Gasteiger partial charge in [0.05, 0.1) is 13.0 Å². The molecule has 0 saturated carbocycles. The molecule has 0 heterocycles. The molecule has 0 saturated heterocycles. The molecule has 1 aromatic carbocycles. The summed E-state index contributed by atoms with van der Waals surface area (Å²) in [5, 5.41) is 10.7. The second-order valence-corrected chi connectivity index (χ2v) is 5.81. The van der Waals surface area contributed by atoms with E-state index in [4.69, 9.17) is 4.74 Å². The van der Waals surface area contributed by atoms with Crippen LogP contribution >= 0.6 is 15.9 Å². The first-order valence-corrected chi connectivity index (χ1v) is 6.66. The van der Waals surface area contributed by atoms with Gasteiger partial charge in [-0.3, -0.25) is 4.79 Å². The molecule has 3 nitrogen and oxygen atoms in total. The maximum Gasteiger partial charge on any atom is 0.312 e. The van der Waals surface area contributed by atoms with Crippen LogP contribution in [0.25, 0.3) is 0 Å². The molecule has 2 atom stereocenters. The highest BCUT2D eigenvalue weighted by molar-refractivity contribution is 9.10. The Morgan fingerprint density at radius 2 is 1.83 bits per heavy atom. The fourth-order valence-corrected chi connectivity index (χ4v) is 2.51. The lowest BCUT2D eigenvalue weighted by Gasteiger charge is -2.34. The van der Waals surface area contributed by atoms with Crippen molar-refractivity contribution in [1.29, 1.82) is 0 Å². The molecule has 0 fully saturated rings. The van der Waals surface area contributed by atoms with Gasteiger partial charge >= 0.3 is 5.97 Å². The molecule has 0 spiro atoms. The van der Waals surface area contributed by atoms with Crippen molar-refractivity contribution in [3.63, 3.8) is 0 Å². The zero-order valence-electron chi connectivity index (χ0n) is 11.1. The molecule has 0 radical (unpaired) electrons. The number of carbonyl (C=O) groups excluding carboxylic acids is 1. The first kappa shape index (κ1) is 15.2. The van der Waals surface area contributed by atoms with Gasteiger partial charge in [0.25, 0.3) is 0 Å². The van der Waals surface area contributed by atoms with Gasteiger partial charge in [-0.15, -0.1) is 0 Å². The minimum atomic E-state index is -1.25.